The van der Waals surface area contributed by atoms with Gasteiger partial charge in [0.15, 0.2) is 0 Å². The molecule has 8 heteroatoms. The van der Waals surface area contributed by atoms with E-state index in [0.717, 1.165) is 42.3 Å². The van der Waals surface area contributed by atoms with E-state index < -0.39 is 0 Å². The van der Waals surface area contributed by atoms with Crippen LogP contribution in [0.5, 0.6) is 11.5 Å². The van der Waals surface area contributed by atoms with Gasteiger partial charge >= 0.3 is 0 Å². The predicted octanol–water partition coefficient (Wildman–Crippen LogP) is 2.49. The minimum absolute atomic E-state index is 0.113. The number of rotatable bonds is 7. The van der Waals surface area contributed by atoms with Crippen LogP contribution >= 0.6 is 11.8 Å². The van der Waals surface area contributed by atoms with Crippen LogP contribution in [0.25, 0.3) is 0 Å². The van der Waals surface area contributed by atoms with Crippen molar-refractivity contribution in [3.05, 3.63) is 29.6 Å². The van der Waals surface area contributed by atoms with Crippen LogP contribution in [-0.4, -0.2) is 59.1 Å². The van der Waals surface area contributed by atoms with E-state index in [9.17, 15) is 4.79 Å². The van der Waals surface area contributed by atoms with Crippen molar-refractivity contribution in [3.63, 3.8) is 0 Å². The minimum atomic E-state index is 0.113. The molecular formula is C18H24N4O3S. The number of nitrogens with one attached hydrogen (secondary N) is 1. The van der Waals surface area contributed by atoms with Gasteiger partial charge in [-0.2, -0.15) is 0 Å². The van der Waals surface area contributed by atoms with E-state index in [2.05, 4.69) is 15.2 Å². The first-order valence-corrected chi connectivity index (χ1v) is 9.67. The maximum Gasteiger partial charge on any atom is 0.233 e. The summed E-state index contributed by atoms with van der Waals surface area (Å²) in [5, 5.41) is 7.61. The predicted molar refractivity (Wildman–Crippen MR) is 100.0 cm³/mol. The van der Waals surface area contributed by atoms with E-state index in [1.807, 2.05) is 30.0 Å². The van der Waals surface area contributed by atoms with Crippen molar-refractivity contribution in [2.45, 2.75) is 30.8 Å². The van der Waals surface area contributed by atoms with Crippen molar-refractivity contribution in [1.82, 2.24) is 20.1 Å². The SMILES string of the molecule is CCc1nc(SCC(=O)N2CC[C@H](c3cc(OC)ccc3OC)C2)n[nH]1. The third-order valence-electron chi connectivity index (χ3n) is 4.59. The summed E-state index contributed by atoms with van der Waals surface area (Å²) in [7, 11) is 3.32. The number of methoxy groups -OCH3 is 2. The molecule has 0 saturated carbocycles. The van der Waals surface area contributed by atoms with E-state index in [0.29, 0.717) is 17.5 Å². The molecule has 2 aromatic rings. The first-order chi connectivity index (χ1) is 12.6. The summed E-state index contributed by atoms with van der Waals surface area (Å²) >= 11 is 1.37. The minimum Gasteiger partial charge on any atom is -0.497 e. The molecule has 1 aliphatic rings. The maximum absolute atomic E-state index is 12.5. The van der Waals surface area contributed by atoms with Crippen molar-refractivity contribution in [2.75, 3.05) is 33.1 Å². The third-order valence-corrected chi connectivity index (χ3v) is 5.42. The van der Waals surface area contributed by atoms with Crippen LogP contribution in [0.1, 0.15) is 30.7 Å². The highest BCUT2D eigenvalue weighted by atomic mass is 32.2. The average molecular weight is 376 g/mol. The molecule has 3 rings (SSSR count). The molecule has 1 atom stereocenters. The monoisotopic (exact) mass is 376 g/mol. The molecule has 1 N–H and O–H groups in total. The Balaban J connectivity index is 1.60. The Labute approximate surface area is 157 Å². The summed E-state index contributed by atoms with van der Waals surface area (Å²) in [4.78, 5) is 18.8. The lowest BCUT2D eigenvalue weighted by atomic mass is 9.97. The Morgan fingerprint density at radius 2 is 2.23 bits per heavy atom. The van der Waals surface area contributed by atoms with E-state index >= 15 is 0 Å². The van der Waals surface area contributed by atoms with Crippen molar-refractivity contribution in [2.24, 2.45) is 0 Å². The van der Waals surface area contributed by atoms with Gasteiger partial charge in [-0.05, 0) is 24.6 Å². The summed E-state index contributed by atoms with van der Waals surface area (Å²) in [5.41, 5.74) is 1.09. The number of benzene rings is 1. The quantitative estimate of drug-likeness (QED) is 0.748. The molecule has 0 unspecified atom stereocenters. The molecule has 26 heavy (non-hydrogen) atoms. The fourth-order valence-corrected chi connectivity index (χ4v) is 3.84. The van der Waals surface area contributed by atoms with E-state index in [1.165, 1.54) is 11.8 Å². The summed E-state index contributed by atoms with van der Waals surface area (Å²) in [6, 6.07) is 5.81. The number of carbonyl (C=O) groups excluding carboxylic acids is 1. The number of likely N-dealkylation sites (tertiary alicyclic amines) is 1. The van der Waals surface area contributed by atoms with E-state index in [-0.39, 0.29) is 11.8 Å². The van der Waals surface area contributed by atoms with Crippen LogP contribution < -0.4 is 9.47 Å². The summed E-state index contributed by atoms with van der Waals surface area (Å²) in [5.74, 6) is 3.20. The molecule has 1 aromatic carbocycles. The number of hydrogen-bond acceptors (Lipinski definition) is 6. The zero-order valence-electron chi connectivity index (χ0n) is 15.3. The molecule has 0 bridgehead atoms. The van der Waals surface area contributed by atoms with Crippen molar-refractivity contribution < 1.29 is 14.3 Å². The van der Waals surface area contributed by atoms with Crippen molar-refractivity contribution >= 4 is 17.7 Å². The number of carbonyl (C=O) groups is 1. The van der Waals surface area contributed by atoms with Gasteiger partial charge in [-0.1, -0.05) is 18.7 Å². The van der Waals surface area contributed by atoms with Gasteiger partial charge in [0.05, 0.1) is 20.0 Å². The number of nitrogens with zero attached hydrogens (tertiary/aromatic N) is 3. The van der Waals surface area contributed by atoms with Crippen LogP contribution in [0.4, 0.5) is 0 Å². The molecule has 1 aromatic heterocycles. The number of amides is 1. The van der Waals surface area contributed by atoms with Gasteiger partial charge in [0.25, 0.3) is 0 Å². The second kappa shape index (κ2) is 8.44. The number of aryl methyl sites for hydroxylation is 1. The van der Waals surface area contributed by atoms with Gasteiger partial charge in [0, 0.05) is 31.0 Å². The maximum atomic E-state index is 12.5. The Bertz CT molecular complexity index is 765. The molecule has 1 aliphatic heterocycles. The van der Waals surface area contributed by atoms with Crippen LogP contribution in [0.15, 0.2) is 23.4 Å². The first kappa shape index (κ1) is 18.6. The number of hydrogen-bond donors (Lipinski definition) is 1. The zero-order chi connectivity index (χ0) is 18.5. The third kappa shape index (κ3) is 4.12. The van der Waals surface area contributed by atoms with Gasteiger partial charge < -0.3 is 14.4 Å². The van der Waals surface area contributed by atoms with Crippen LogP contribution in [-0.2, 0) is 11.2 Å². The molecule has 140 valence electrons. The fraction of sp³-hybridized carbons (Fsp3) is 0.500. The Kier molecular flexibility index (Phi) is 6.03. The summed E-state index contributed by atoms with van der Waals surface area (Å²) in [6.45, 7) is 3.45. The number of aromatic nitrogens is 3. The molecule has 1 amide bonds. The highest BCUT2D eigenvalue weighted by Gasteiger charge is 2.29. The van der Waals surface area contributed by atoms with Crippen molar-refractivity contribution in [3.8, 4) is 11.5 Å². The number of ether oxygens (including phenoxy) is 2. The van der Waals surface area contributed by atoms with Crippen LogP contribution in [0.3, 0.4) is 0 Å². The van der Waals surface area contributed by atoms with Crippen LogP contribution in [0, 0.1) is 0 Å². The first-order valence-electron chi connectivity index (χ1n) is 8.68. The summed E-state index contributed by atoms with van der Waals surface area (Å²) in [6.07, 6.45) is 1.72. The summed E-state index contributed by atoms with van der Waals surface area (Å²) < 4.78 is 10.8. The fourth-order valence-electron chi connectivity index (χ4n) is 3.12. The van der Waals surface area contributed by atoms with E-state index in [1.54, 1.807) is 14.2 Å². The molecule has 7 nitrogen and oxygen atoms in total. The highest BCUT2D eigenvalue weighted by molar-refractivity contribution is 7.99. The Morgan fingerprint density at radius 1 is 1.38 bits per heavy atom. The van der Waals surface area contributed by atoms with Gasteiger partial charge in [0.2, 0.25) is 11.1 Å². The van der Waals surface area contributed by atoms with Gasteiger partial charge in [-0.15, -0.1) is 5.10 Å². The number of H-pyrrole nitrogens is 1. The second-order valence-electron chi connectivity index (χ2n) is 6.14. The molecule has 1 saturated heterocycles. The molecule has 1 fully saturated rings. The van der Waals surface area contributed by atoms with Gasteiger partial charge in [0.1, 0.15) is 17.3 Å². The topological polar surface area (TPSA) is 80.3 Å². The molecular weight excluding hydrogens is 352 g/mol. The molecule has 0 spiro atoms. The van der Waals surface area contributed by atoms with Gasteiger partial charge in [-0.25, -0.2) is 4.98 Å². The average Bonchev–Trinajstić information content (AvgIpc) is 3.35. The number of aromatic amines is 1. The Morgan fingerprint density at radius 3 is 2.92 bits per heavy atom. The standard InChI is InChI=1S/C18H24N4O3S/c1-4-16-19-18(21-20-16)26-11-17(23)22-8-7-12(10-22)14-9-13(24-2)5-6-15(14)25-3/h5-6,9,12H,4,7-8,10-11H2,1-3H3,(H,19,20,21)/t12-/m0/s1. The van der Waals surface area contributed by atoms with E-state index in [4.69, 9.17) is 9.47 Å². The Hall–Kier alpha value is -2.22. The van der Waals surface area contributed by atoms with Gasteiger partial charge in [-0.3, -0.25) is 9.89 Å². The molecule has 0 aliphatic carbocycles. The molecule has 0 radical (unpaired) electrons. The number of thioether (sulfide) groups is 1. The lowest BCUT2D eigenvalue weighted by Gasteiger charge is -2.18. The lowest BCUT2D eigenvalue weighted by Crippen LogP contribution is -2.30. The lowest BCUT2D eigenvalue weighted by molar-refractivity contribution is -0.127. The second-order valence-corrected chi connectivity index (χ2v) is 7.08. The van der Waals surface area contributed by atoms with Crippen LogP contribution in [0.2, 0.25) is 0 Å². The van der Waals surface area contributed by atoms with Crippen molar-refractivity contribution in [1.29, 1.82) is 0 Å². The smallest absolute Gasteiger partial charge is 0.233 e. The molecule has 2 heterocycles. The largest absolute Gasteiger partial charge is 0.497 e. The normalized spacial score (nSPS) is 16.7. The highest BCUT2D eigenvalue weighted by Crippen LogP contribution is 2.36. The zero-order valence-corrected chi connectivity index (χ0v) is 16.1.